The maximum Gasteiger partial charge on any atom is 0.261 e. The van der Waals surface area contributed by atoms with Gasteiger partial charge in [-0.1, -0.05) is 23.7 Å². The summed E-state index contributed by atoms with van der Waals surface area (Å²) >= 11 is 6.15. The van der Waals surface area contributed by atoms with Crippen molar-refractivity contribution in [3.63, 3.8) is 0 Å². The number of aromatic amines is 1. The molecule has 3 aliphatic rings. The molecule has 1 fully saturated rings. The number of Topliss-reactive ketones (excluding diaryl/α,β-unsaturated/α-hetero) is 1. The van der Waals surface area contributed by atoms with E-state index in [2.05, 4.69) is 20.2 Å². The Balaban J connectivity index is 1.21. The number of hydrogen-bond donors (Lipinski definition) is 3. The second kappa shape index (κ2) is 11.4. The van der Waals surface area contributed by atoms with Crippen LogP contribution in [0, 0.1) is 6.92 Å². The van der Waals surface area contributed by atoms with Crippen molar-refractivity contribution in [2.75, 3.05) is 33.3 Å². The van der Waals surface area contributed by atoms with E-state index in [1.807, 2.05) is 14.0 Å². The third kappa shape index (κ3) is 5.21. The minimum Gasteiger partial charge on any atom is -0.490 e. The van der Waals surface area contributed by atoms with E-state index in [-0.39, 0.29) is 43.2 Å². The molecule has 0 radical (unpaired) electrons. The number of benzene rings is 2. The number of hydrogen-bond acceptors (Lipinski definition) is 8. The summed E-state index contributed by atoms with van der Waals surface area (Å²) in [6.07, 6.45) is 4.37. The molecule has 2 aliphatic heterocycles. The summed E-state index contributed by atoms with van der Waals surface area (Å²) in [6.45, 7) is 3.67. The molecule has 2 amide bonds. The van der Waals surface area contributed by atoms with E-state index in [1.165, 1.54) is 4.90 Å². The minimum absolute atomic E-state index is 0.0290. The van der Waals surface area contributed by atoms with E-state index >= 15 is 0 Å². The Labute approximate surface area is 248 Å². The van der Waals surface area contributed by atoms with Gasteiger partial charge in [-0.15, -0.1) is 0 Å². The number of rotatable bonds is 8. The summed E-state index contributed by atoms with van der Waals surface area (Å²) < 4.78 is 5.74. The molecule has 218 valence electrons. The number of imide groups is 1. The van der Waals surface area contributed by atoms with Crippen LogP contribution < -0.4 is 10.1 Å². The topological polar surface area (TPSA) is 128 Å². The van der Waals surface area contributed by atoms with Crippen LogP contribution in [0.5, 0.6) is 5.75 Å². The van der Waals surface area contributed by atoms with Gasteiger partial charge in [0.15, 0.2) is 5.78 Å². The maximum absolute atomic E-state index is 13.3. The Bertz CT molecular complexity index is 1600. The molecule has 10 nitrogen and oxygen atoms in total. The predicted octanol–water partition coefficient (Wildman–Crippen LogP) is 3.48. The van der Waals surface area contributed by atoms with Crippen LogP contribution in [-0.4, -0.2) is 87.9 Å². The zero-order valence-electron chi connectivity index (χ0n) is 23.4. The molecule has 1 aromatic heterocycles. The van der Waals surface area contributed by atoms with Crippen molar-refractivity contribution in [3.05, 3.63) is 75.7 Å². The fourth-order valence-electron chi connectivity index (χ4n) is 5.71. The summed E-state index contributed by atoms with van der Waals surface area (Å²) in [7, 11) is 2.04. The molecular weight excluding hydrogens is 558 g/mol. The smallest absolute Gasteiger partial charge is 0.261 e. The first kappa shape index (κ1) is 28.1. The second-order valence-electron chi connectivity index (χ2n) is 11.0. The third-order valence-electron chi connectivity index (χ3n) is 8.12. The number of ketones is 1. The number of nitrogens with one attached hydrogen (secondary N) is 2. The largest absolute Gasteiger partial charge is 0.490 e. The van der Waals surface area contributed by atoms with Gasteiger partial charge in [-0.25, -0.2) is 4.98 Å². The maximum atomic E-state index is 13.3. The van der Waals surface area contributed by atoms with E-state index in [9.17, 15) is 19.5 Å². The summed E-state index contributed by atoms with van der Waals surface area (Å²) in [4.78, 5) is 51.1. The number of aromatic nitrogens is 2. The van der Waals surface area contributed by atoms with Gasteiger partial charge in [0.25, 0.3) is 11.8 Å². The van der Waals surface area contributed by atoms with E-state index < -0.39 is 6.10 Å². The van der Waals surface area contributed by atoms with Crippen LogP contribution in [0.1, 0.15) is 51.4 Å². The number of aliphatic hydroxyl groups is 1. The Morgan fingerprint density at radius 3 is 2.67 bits per heavy atom. The van der Waals surface area contributed by atoms with Crippen LogP contribution in [0.3, 0.4) is 0 Å². The lowest BCUT2D eigenvalue weighted by atomic mass is 10.00. The second-order valence-corrected chi connectivity index (χ2v) is 11.4. The predicted molar refractivity (Wildman–Crippen MR) is 158 cm³/mol. The normalized spacial score (nSPS) is 18.8. The molecule has 42 heavy (non-hydrogen) atoms. The Hall–Kier alpha value is -3.99. The SMILES string of the molecule is Cc1c(Cl)cccc1OC[C@H](O)CNC1=C(c2nc3cc4c(cc3[nH]2)C(=O)N(C2CCN(C)CC2)C4=O)C(=O)CC=C1. The minimum atomic E-state index is -0.870. The molecule has 6 rings (SSSR count). The van der Waals surface area contributed by atoms with Crippen LogP contribution in [0.2, 0.25) is 5.02 Å². The first-order valence-corrected chi connectivity index (χ1v) is 14.4. The standard InChI is InChI=1S/C31H32ClN5O5/c1-17-22(32)5-3-8-27(17)42-16-19(38)15-33-23-6-4-7-26(39)28(23)29-34-24-13-20-21(14-25(24)35-29)31(41)37(30(20)40)18-9-11-36(2)12-10-18/h3-6,8,13-14,18-19,33,38H,7,9-12,15-16H2,1-2H3,(H,34,35)/t19-/m1/s1. The van der Waals surface area contributed by atoms with Gasteiger partial charge < -0.3 is 25.0 Å². The Morgan fingerprint density at radius 2 is 1.90 bits per heavy atom. The van der Waals surface area contributed by atoms with Crippen LogP contribution in [0.25, 0.3) is 16.6 Å². The van der Waals surface area contributed by atoms with Crippen molar-refractivity contribution in [2.45, 2.75) is 38.3 Å². The molecule has 3 N–H and O–H groups in total. The average molecular weight is 590 g/mol. The van der Waals surface area contributed by atoms with Gasteiger partial charge in [-0.2, -0.15) is 0 Å². The van der Waals surface area contributed by atoms with Gasteiger partial charge in [-0.3, -0.25) is 19.3 Å². The number of amides is 2. The van der Waals surface area contributed by atoms with E-state index in [1.54, 1.807) is 42.5 Å². The highest BCUT2D eigenvalue weighted by Gasteiger charge is 2.41. The average Bonchev–Trinajstić information content (AvgIpc) is 3.49. The zero-order valence-corrected chi connectivity index (χ0v) is 24.2. The van der Waals surface area contributed by atoms with Crippen molar-refractivity contribution >= 4 is 45.8 Å². The number of piperidine rings is 1. The number of likely N-dealkylation sites (tertiary alicyclic amines) is 1. The van der Waals surface area contributed by atoms with Gasteiger partial charge in [-0.05, 0) is 70.2 Å². The molecule has 3 aromatic rings. The highest BCUT2D eigenvalue weighted by molar-refractivity contribution is 6.31. The lowest BCUT2D eigenvalue weighted by Gasteiger charge is -2.33. The fraction of sp³-hybridized carbons (Fsp3) is 0.355. The third-order valence-corrected chi connectivity index (χ3v) is 8.53. The van der Waals surface area contributed by atoms with Gasteiger partial charge in [0.05, 0.1) is 27.7 Å². The van der Waals surface area contributed by atoms with Crippen molar-refractivity contribution in [1.29, 1.82) is 0 Å². The van der Waals surface area contributed by atoms with Crippen LogP contribution in [-0.2, 0) is 4.79 Å². The molecule has 0 saturated carbocycles. The summed E-state index contributed by atoms with van der Waals surface area (Å²) in [5.74, 6) is 0.198. The number of aliphatic hydroxyl groups excluding tert-OH is 1. The molecule has 0 unspecified atom stereocenters. The van der Waals surface area contributed by atoms with Gasteiger partial charge >= 0.3 is 0 Å². The highest BCUT2D eigenvalue weighted by atomic mass is 35.5. The molecule has 11 heteroatoms. The molecule has 1 aliphatic carbocycles. The summed E-state index contributed by atoms with van der Waals surface area (Å²) in [5.41, 5.74) is 3.39. The van der Waals surface area contributed by atoms with Crippen molar-refractivity contribution in [1.82, 2.24) is 25.1 Å². The number of allylic oxidation sites excluding steroid dienone is 3. The van der Waals surface area contributed by atoms with Crippen molar-refractivity contribution in [3.8, 4) is 5.75 Å². The molecule has 1 atom stereocenters. The highest BCUT2D eigenvalue weighted by Crippen LogP contribution is 2.33. The number of carbonyl (C=O) groups excluding carboxylic acids is 3. The number of fused-ring (bicyclic) bond motifs is 2. The number of ether oxygens (including phenoxy) is 1. The monoisotopic (exact) mass is 589 g/mol. The van der Waals surface area contributed by atoms with E-state index in [4.69, 9.17) is 16.3 Å². The van der Waals surface area contributed by atoms with Crippen molar-refractivity contribution < 1.29 is 24.2 Å². The molecule has 2 aromatic carbocycles. The number of carbonyl (C=O) groups is 3. The lowest BCUT2D eigenvalue weighted by molar-refractivity contribution is -0.113. The van der Waals surface area contributed by atoms with E-state index in [0.717, 1.165) is 31.5 Å². The first-order valence-electron chi connectivity index (χ1n) is 14.1. The van der Waals surface area contributed by atoms with Crippen LogP contribution in [0.15, 0.2) is 48.2 Å². The van der Waals surface area contributed by atoms with Crippen LogP contribution >= 0.6 is 11.6 Å². The van der Waals surface area contributed by atoms with Crippen LogP contribution in [0.4, 0.5) is 0 Å². The first-order chi connectivity index (χ1) is 20.2. The summed E-state index contributed by atoms with van der Waals surface area (Å²) in [6, 6.07) is 8.52. The van der Waals surface area contributed by atoms with E-state index in [0.29, 0.717) is 50.0 Å². The molecule has 3 heterocycles. The lowest BCUT2D eigenvalue weighted by Crippen LogP contribution is -2.46. The Kier molecular flexibility index (Phi) is 7.61. The Morgan fingerprint density at radius 1 is 1.17 bits per heavy atom. The number of H-pyrrole nitrogens is 1. The molecule has 0 bridgehead atoms. The number of imidazole rings is 1. The van der Waals surface area contributed by atoms with Gasteiger partial charge in [0.1, 0.15) is 24.3 Å². The number of halogens is 1. The zero-order chi connectivity index (χ0) is 29.5. The number of nitrogens with zero attached hydrogens (tertiary/aromatic N) is 3. The van der Waals surface area contributed by atoms with Gasteiger partial charge in [0, 0.05) is 35.3 Å². The summed E-state index contributed by atoms with van der Waals surface area (Å²) in [5, 5.41) is 14.3. The molecule has 0 spiro atoms. The fourth-order valence-corrected chi connectivity index (χ4v) is 5.87. The quantitative estimate of drug-likeness (QED) is 0.341. The van der Waals surface area contributed by atoms with Gasteiger partial charge in [0.2, 0.25) is 0 Å². The van der Waals surface area contributed by atoms with Crippen molar-refractivity contribution in [2.24, 2.45) is 0 Å². The molecule has 1 saturated heterocycles. The molecular formula is C31H32ClN5O5.